The number of rotatable bonds is 5. The zero-order valence-electron chi connectivity index (χ0n) is 17.5. The molecule has 1 amide bonds. The van der Waals surface area contributed by atoms with Gasteiger partial charge >= 0.3 is 0 Å². The fourth-order valence-corrected chi connectivity index (χ4v) is 3.63. The van der Waals surface area contributed by atoms with Gasteiger partial charge in [-0.25, -0.2) is 5.01 Å². The number of hydrogen-bond acceptors (Lipinski definition) is 7. The minimum atomic E-state index is -0.466. The van der Waals surface area contributed by atoms with Gasteiger partial charge in [-0.15, -0.1) is 0 Å². The molecule has 0 saturated heterocycles. The lowest BCUT2D eigenvalue weighted by Gasteiger charge is -2.22. The molecule has 2 aromatic rings. The number of benzene rings is 1. The Kier molecular flexibility index (Phi) is 5.97. The molecule has 0 saturated carbocycles. The number of ether oxygens (including phenoxy) is 2. The third-order valence-corrected chi connectivity index (χ3v) is 5.73. The molecule has 0 aliphatic carbocycles. The SMILES string of the molecule is CCC(=O)N1N=C(c2c(O)n(C)c(=S)n(C)c2=O)C[C@H]1c1ccc(OC)c(OC)c1. The predicted molar refractivity (Wildman–Crippen MR) is 114 cm³/mol. The maximum absolute atomic E-state index is 12.8. The topological polar surface area (TPSA) is 98.3 Å². The van der Waals surface area contributed by atoms with Gasteiger partial charge in [-0.3, -0.25) is 18.7 Å². The lowest BCUT2D eigenvalue weighted by molar-refractivity contribution is -0.132. The van der Waals surface area contributed by atoms with Crippen LogP contribution < -0.4 is 15.0 Å². The first-order valence-electron chi connectivity index (χ1n) is 9.35. The summed E-state index contributed by atoms with van der Waals surface area (Å²) >= 11 is 5.17. The minimum absolute atomic E-state index is 0.0329. The summed E-state index contributed by atoms with van der Waals surface area (Å²) in [5.41, 5.74) is 0.658. The molecule has 0 unspecified atom stereocenters. The van der Waals surface area contributed by atoms with Crippen LogP contribution in [-0.4, -0.2) is 45.1 Å². The van der Waals surface area contributed by atoms with E-state index in [-0.39, 0.29) is 35.0 Å². The van der Waals surface area contributed by atoms with Crippen LogP contribution in [0.2, 0.25) is 0 Å². The highest BCUT2D eigenvalue weighted by Gasteiger charge is 2.35. The van der Waals surface area contributed by atoms with Gasteiger partial charge in [0.25, 0.3) is 5.56 Å². The van der Waals surface area contributed by atoms with Crippen LogP contribution >= 0.6 is 12.2 Å². The lowest BCUT2D eigenvalue weighted by atomic mass is 9.98. The second kappa shape index (κ2) is 8.31. The molecule has 1 aliphatic rings. The largest absolute Gasteiger partial charge is 0.494 e. The zero-order valence-corrected chi connectivity index (χ0v) is 18.3. The molecule has 1 aliphatic heterocycles. The zero-order chi connectivity index (χ0) is 22.2. The highest BCUT2D eigenvalue weighted by molar-refractivity contribution is 7.71. The molecule has 30 heavy (non-hydrogen) atoms. The Bertz CT molecular complexity index is 1150. The number of nitrogens with zero attached hydrogens (tertiary/aromatic N) is 4. The summed E-state index contributed by atoms with van der Waals surface area (Å²) in [6.45, 7) is 1.74. The normalized spacial score (nSPS) is 15.8. The van der Waals surface area contributed by atoms with Crippen molar-refractivity contribution in [2.75, 3.05) is 14.2 Å². The van der Waals surface area contributed by atoms with E-state index in [4.69, 9.17) is 21.7 Å². The monoisotopic (exact) mass is 432 g/mol. The quantitative estimate of drug-likeness (QED) is 0.728. The third kappa shape index (κ3) is 3.47. The van der Waals surface area contributed by atoms with Crippen LogP contribution in [0.3, 0.4) is 0 Å². The Morgan fingerprint density at radius 1 is 1.23 bits per heavy atom. The number of amides is 1. The van der Waals surface area contributed by atoms with E-state index in [2.05, 4.69) is 5.10 Å². The van der Waals surface area contributed by atoms with Crippen molar-refractivity contribution < 1.29 is 19.4 Å². The number of carbonyl (C=O) groups is 1. The van der Waals surface area contributed by atoms with Crippen molar-refractivity contribution in [3.8, 4) is 17.4 Å². The number of hydrogen-bond donors (Lipinski definition) is 1. The second-order valence-electron chi connectivity index (χ2n) is 6.88. The van der Waals surface area contributed by atoms with Crippen molar-refractivity contribution >= 4 is 23.8 Å². The average Bonchev–Trinajstić information content (AvgIpc) is 3.20. The molecule has 10 heteroatoms. The molecule has 9 nitrogen and oxygen atoms in total. The van der Waals surface area contributed by atoms with E-state index in [0.29, 0.717) is 17.2 Å². The van der Waals surface area contributed by atoms with Crippen molar-refractivity contribution in [3.63, 3.8) is 0 Å². The molecule has 2 heterocycles. The Morgan fingerprint density at radius 2 is 1.90 bits per heavy atom. The lowest BCUT2D eigenvalue weighted by Crippen LogP contribution is -2.28. The van der Waals surface area contributed by atoms with E-state index in [1.807, 2.05) is 6.07 Å². The van der Waals surface area contributed by atoms with E-state index < -0.39 is 11.6 Å². The molecule has 0 fully saturated rings. The molecule has 0 spiro atoms. The fraction of sp³-hybridized carbons (Fsp3) is 0.400. The van der Waals surface area contributed by atoms with Gasteiger partial charge < -0.3 is 14.6 Å². The van der Waals surface area contributed by atoms with Gasteiger partial charge in [-0.1, -0.05) is 13.0 Å². The van der Waals surface area contributed by atoms with Crippen molar-refractivity contribution in [1.29, 1.82) is 0 Å². The van der Waals surface area contributed by atoms with Crippen LogP contribution in [0.4, 0.5) is 0 Å². The van der Waals surface area contributed by atoms with Gasteiger partial charge in [-0.05, 0) is 29.9 Å². The van der Waals surface area contributed by atoms with Gasteiger partial charge in [0.1, 0.15) is 5.56 Å². The molecule has 160 valence electrons. The summed E-state index contributed by atoms with van der Waals surface area (Å²) in [6.07, 6.45) is 0.490. The first kappa shape index (κ1) is 21.6. The third-order valence-electron chi connectivity index (χ3n) is 5.18. The van der Waals surface area contributed by atoms with Crippen molar-refractivity contribution in [2.45, 2.75) is 25.8 Å². The summed E-state index contributed by atoms with van der Waals surface area (Å²) < 4.78 is 13.4. The molecular weight excluding hydrogens is 408 g/mol. The van der Waals surface area contributed by atoms with Gasteiger partial charge in [0.05, 0.1) is 26.0 Å². The van der Waals surface area contributed by atoms with E-state index in [1.165, 1.54) is 28.3 Å². The molecule has 0 bridgehead atoms. The maximum Gasteiger partial charge on any atom is 0.267 e. The number of aromatic nitrogens is 2. The van der Waals surface area contributed by atoms with Crippen LogP contribution in [0.25, 0.3) is 0 Å². The Labute approximate surface area is 178 Å². The van der Waals surface area contributed by atoms with Crippen LogP contribution in [0.5, 0.6) is 17.4 Å². The van der Waals surface area contributed by atoms with Gasteiger partial charge in [-0.2, -0.15) is 5.10 Å². The molecular formula is C20H24N4O5S. The summed E-state index contributed by atoms with van der Waals surface area (Å²) in [4.78, 5) is 25.4. The Balaban J connectivity index is 2.13. The summed E-state index contributed by atoms with van der Waals surface area (Å²) in [5.74, 6) is 0.602. The molecule has 1 atom stereocenters. The average molecular weight is 433 g/mol. The minimum Gasteiger partial charge on any atom is -0.494 e. The van der Waals surface area contributed by atoms with E-state index >= 15 is 0 Å². The fourth-order valence-electron chi connectivity index (χ4n) is 3.46. The number of aromatic hydroxyl groups is 1. The highest BCUT2D eigenvalue weighted by atomic mass is 32.1. The van der Waals surface area contributed by atoms with Crippen LogP contribution in [0.15, 0.2) is 28.1 Å². The standard InChI is InChI=1S/C20H24N4O5S/c1-6-16(25)24-13(11-7-8-14(28-4)15(9-11)29-5)10-12(21-24)17-18(26)22(2)20(30)23(3)19(17)27/h7-9,13,26H,6,10H2,1-5H3/t13-/m0/s1. The maximum atomic E-state index is 12.8. The number of hydrazone groups is 1. The molecule has 1 aromatic heterocycles. The predicted octanol–water partition coefficient (Wildman–Crippen LogP) is 2.26. The number of methoxy groups -OCH3 is 2. The molecule has 3 rings (SSSR count). The van der Waals surface area contributed by atoms with E-state index in [1.54, 1.807) is 33.2 Å². The first-order chi connectivity index (χ1) is 14.2. The van der Waals surface area contributed by atoms with Gasteiger partial charge in [0, 0.05) is 26.9 Å². The van der Waals surface area contributed by atoms with Crippen molar-refractivity contribution in [3.05, 3.63) is 44.5 Å². The Morgan fingerprint density at radius 3 is 2.50 bits per heavy atom. The van der Waals surface area contributed by atoms with Gasteiger partial charge in [0.2, 0.25) is 11.8 Å². The summed E-state index contributed by atoms with van der Waals surface area (Å²) in [5, 5.41) is 16.4. The van der Waals surface area contributed by atoms with Crippen molar-refractivity contribution in [2.24, 2.45) is 19.2 Å². The van der Waals surface area contributed by atoms with Crippen LogP contribution in [0.1, 0.15) is 36.9 Å². The second-order valence-corrected chi connectivity index (χ2v) is 7.24. The van der Waals surface area contributed by atoms with Gasteiger partial charge in [0.15, 0.2) is 16.3 Å². The molecule has 0 radical (unpaired) electrons. The Hall–Kier alpha value is -3.14. The molecule has 1 N–H and O–H groups in total. The van der Waals surface area contributed by atoms with E-state index in [9.17, 15) is 14.7 Å². The number of carbonyl (C=O) groups excluding carboxylic acids is 1. The van der Waals surface area contributed by atoms with Crippen molar-refractivity contribution in [1.82, 2.24) is 14.1 Å². The summed E-state index contributed by atoms with van der Waals surface area (Å²) in [7, 11) is 6.18. The highest BCUT2D eigenvalue weighted by Crippen LogP contribution is 2.38. The van der Waals surface area contributed by atoms with Crippen LogP contribution in [-0.2, 0) is 18.9 Å². The first-order valence-corrected chi connectivity index (χ1v) is 9.76. The van der Waals surface area contributed by atoms with E-state index in [0.717, 1.165) is 5.56 Å². The van der Waals surface area contributed by atoms with Crippen LogP contribution in [0, 0.1) is 4.77 Å². The smallest absolute Gasteiger partial charge is 0.267 e. The summed E-state index contributed by atoms with van der Waals surface area (Å²) in [6, 6.07) is 4.90. The molecule has 1 aromatic carbocycles.